The molecule has 2 aromatic heterocycles. The van der Waals surface area contributed by atoms with E-state index in [4.69, 9.17) is 0 Å². The summed E-state index contributed by atoms with van der Waals surface area (Å²) < 4.78 is 27.8. The van der Waals surface area contributed by atoms with Crippen LogP contribution in [0.4, 0.5) is 5.69 Å². The average Bonchev–Trinajstić information content (AvgIpc) is 2.81. The smallest absolute Gasteiger partial charge is 0.271 e. The van der Waals surface area contributed by atoms with Crippen molar-refractivity contribution in [2.24, 2.45) is 0 Å². The highest BCUT2D eigenvalue weighted by molar-refractivity contribution is 7.94. The van der Waals surface area contributed by atoms with Crippen molar-refractivity contribution in [3.63, 3.8) is 0 Å². The number of anilines is 1. The number of hydrogen-bond acceptors (Lipinski definition) is 5. The molecule has 0 saturated heterocycles. The molecular weight excluding hydrogens is 306 g/mol. The Kier molecular flexibility index (Phi) is 4.97. The summed E-state index contributed by atoms with van der Waals surface area (Å²) >= 11 is 1.30. The molecule has 0 bridgehead atoms. The summed E-state index contributed by atoms with van der Waals surface area (Å²) in [7, 11) is -3.56. The van der Waals surface area contributed by atoms with E-state index in [1.807, 2.05) is 13.8 Å². The topological polar surface area (TPSA) is 71.1 Å². The van der Waals surface area contributed by atoms with Crippen LogP contribution in [-0.4, -0.2) is 19.9 Å². The normalized spacial score (nSPS) is 11.6. The van der Waals surface area contributed by atoms with Gasteiger partial charge in [0.25, 0.3) is 10.0 Å². The van der Waals surface area contributed by atoms with Crippen LogP contribution in [0, 0.1) is 13.8 Å². The second-order valence-corrected chi connectivity index (χ2v) is 7.74. The first-order valence-corrected chi connectivity index (χ1v) is 8.98. The van der Waals surface area contributed by atoms with E-state index in [9.17, 15) is 8.42 Å². The molecule has 0 aliphatic heterocycles. The number of hydrogen-bond donors (Lipinski definition) is 2. The van der Waals surface area contributed by atoms with E-state index in [2.05, 4.69) is 15.0 Å². The fourth-order valence-electron chi connectivity index (χ4n) is 1.82. The van der Waals surface area contributed by atoms with Gasteiger partial charge in [0.15, 0.2) is 0 Å². The van der Waals surface area contributed by atoms with Crippen molar-refractivity contribution in [3.8, 4) is 0 Å². The summed E-state index contributed by atoms with van der Waals surface area (Å²) in [4.78, 5) is 5.13. The SMILES string of the molecule is CCNCc1sc(S(=O)(=O)Nc2cccnc2C)cc1C. The number of rotatable bonds is 6. The Morgan fingerprint density at radius 1 is 1.33 bits per heavy atom. The second kappa shape index (κ2) is 6.55. The van der Waals surface area contributed by atoms with E-state index in [0.717, 1.165) is 17.0 Å². The molecule has 7 heteroatoms. The molecule has 0 saturated carbocycles. The first-order chi connectivity index (χ1) is 9.94. The van der Waals surface area contributed by atoms with Crippen LogP contribution in [0.1, 0.15) is 23.1 Å². The lowest BCUT2D eigenvalue weighted by Gasteiger charge is -2.07. The van der Waals surface area contributed by atoms with Crippen molar-refractivity contribution < 1.29 is 8.42 Å². The number of thiophene rings is 1. The maximum atomic E-state index is 12.4. The van der Waals surface area contributed by atoms with Gasteiger partial charge in [-0.25, -0.2) is 8.42 Å². The summed E-state index contributed by atoms with van der Waals surface area (Å²) in [5, 5.41) is 3.21. The molecule has 114 valence electrons. The van der Waals surface area contributed by atoms with Crippen molar-refractivity contribution in [2.45, 2.75) is 31.5 Å². The Morgan fingerprint density at radius 2 is 2.10 bits per heavy atom. The van der Waals surface area contributed by atoms with Gasteiger partial charge in [-0.05, 0) is 44.2 Å². The quantitative estimate of drug-likeness (QED) is 0.856. The molecule has 21 heavy (non-hydrogen) atoms. The zero-order valence-corrected chi connectivity index (χ0v) is 13.9. The van der Waals surface area contributed by atoms with E-state index in [1.54, 1.807) is 31.3 Å². The Hall–Kier alpha value is -1.44. The van der Waals surface area contributed by atoms with Gasteiger partial charge in [-0.2, -0.15) is 0 Å². The maximum Gasteiger partial charge on any atom is 0.271 e. The largest absolute Gasteiger partial charge is 0.312 e. The van der Waals surface area contributed by atoms with Crippen molar-refractivity contribution >= 4 is 27.0 Å². The molecule has 0 aliphatic rings. The lowest BCUT2D eigenvalue weighted by molar-refractivity contribution is 0.603. The molecule has 0 radical (unpaired) electrons. The second-order valence-electron chi connectivity index (χ2n) is 4.69. The number of sulfonamides is 1. The van der Waals surface area contributed by atoms with E-state index in [1.165, 1.54) is 11.3 Å². The van der Waals surface area contributed by atoms with E-state index in [-0.39, 0.29) is 0 Å². The average molecular weight is 325 g/mol. The van der Waals surface area contributed by atoms with Gasteiger partial charge >= 0.3 is 0 Å². The van der Waals surface area contributed by atoms with Crippen LogP contribution in [-0.2, 0) is 16.6 Å². The third kappa shape index (κ3) is 3.81. The Labute approximate surface area is 129 Å². The summed E-state index contributed by atoms with van der Waals surface area (Å²) in [6.07, 6.45) is 1.64. The standard InChI is InChI=1S/C14H19N3O2S2/c1-4-15-9-13-10(2)8-14(20-13)21(18,19)17-12-6-5-7-16-11(12)3/h5-8,15,17H,4,9H2,1-3H3. The predicted molar refractivity (Wildman–Crippen MR) is 86.2 cm³/mol. The highest BCUT2D eigenvalue weighted by atomic mass is 32.2. The van der Waals surface area contributed by atoms with E-state index >= 15 is 0 Å². The number of aryl methyl sites for hydroxylation is 2. The monoisotopic (exact) mass is 325 g/mol. The minimum absolute atomic E-state index is 0.330. The summed E-state index contributed by atoms with van der Waals surface area (Å²) in [6, 6.07) is 5.13. The minimum Gasteiger partial charge on any atom is -0.312 e. The molecule has 2 N–H and O–H groups in total. The maximum absolute atomic E-state index is 12.4. The zero-order valence-electron chi connectivity index (χ0n) is 12.3. The first kappa shape index (κ1) is 15.9. The van der Waals surface area contributed by atoms with Crippen molar-refractivity contribution in [1.29, 1.82) is 0 Å². The predicted octanol–water partition coefficient (Wildman–Crippen LogP) is 2.67. The van der Waals surface area contributed by atoms with E-state index < -0.39 is 10.0 Å². The lowest BCUT2D eigenvalue weighted by Crippen LogP contribution is -2.13. The Balaban J connectivity index is 2.26. The molecule has 5 nitrogen and oxygen atoms in total. The van der Waals surface area contributed by atoms with Crippen LogP contribution in [0.15, 0.2) is 28.6 Å². The fraction of sp³-hybridized carbons (Fsp3) is 0.357. The van der Waals surface area contributed by atoms with Gasteiger partial charge in [0, 0.05) is 17.6 Å². The van der Waals surface area contributed by atoms with Crippen LogP contribution in [0.2, 0.25) is 0 Å². The van der Waals surface area contributed by atoms with Crippen LogP contribution in [0.3, 0.4) is 0 Å². The number of nitrogens with zero attached hydrogens (tertiary/aromatic N) is 1. The first-order valence-electron chi connectivity index (χ1n) is 6.68. The third-order valence-electron chi connectivity index (χ3n) is 3.05. The Bertz CT molecular complexity index is 724. The molecule has 0 unspecified atom stereocenters. The summed E-state index contributed by atoms with van der Waals surface area (Å²) in [5.74, 6) is 0. The molecule has 0 aliphatic carbocycles. The molecule has 0 aromatic carbocycles. The third-order valence-corrected chi connectivity index (χ3v) is 6.13. The molecule has 2 heterocycles. The molecule has 0 spiro atoms. The van der Waals surface area contributed by atoms with Crippen LogP contribution in [0.5, 0.6) is 0 Å². The molecule has 0 amide bonds. The van der Waals surface area contributed by atoms with Gasteiger partial charge in [-0.1, -0.05) is 6.92 Å². The molecule has 0 atom stereocenters. The lowest BCUT2D eigenvalue weighted by atomic mass is 10.3. The van der Waals surface area contributed by atoms with Gasteiger partial charge in [-0.15, -0.1) is 11.3 Å². The summed E-state index contributed by atoms with van der Waals surface area (Å²) in [5.41, 5.74) is 2.16. The van der Waals surface area contributed by atoms with Gasteiger partial charge in [-0.3, -0.25) is 9.71 Å². The molecule has 2 aromatic rings. The molecule has 2 rings (SSSR count). The van der Waals surface area contributed by atoms with Gasteiger partial charge < -0.3 is 5.32 Å². The summed E-state index contributed by atoms with van der Waals surface area (Å²) in [6.45, 7) is 7.26. The molecular formula is C14H19N3O2S2. The van der Waals surface area contributed by atoms with Crippen LogP contribution in [0.25, 0.3) is 0 Å². The van der Waals surface area contributed by atoms with E-state index in [0.29, 0.717) is 22.1 Å². The number of nitrogens with one attached hydrogen (secondary N) is 2. The van der Waals surface area contributed by atoms with Crippen molar-refractivity contribution in [2.75, 3.05) is 11.3 Å². The van der Waals surface area contributed by atoms with Crippen LogP contribution < -0.4 is 10.0 Å². The van der Waals surface area contributed by atoms with Gasteiger partial charge in [0.2, 0.25) is 0 Å². The zero-order chi connectivity index (χ0) is 15.5. The van der Waals surface area contributed by atoms with Crippen molar-refractivity contribution in [1.82, 2.24) is 10.3 Å². The van der Waals surface area contributed by atoms with Crippen molar-refractivity contribution in [3.05, 3.63) is 40.5 Å². The number of pyridine rings is 1. The number of aromatic nitrogens is 1. The highest BCUT2D eigenvalue weighted by Crippen LogP contribution is 2.28. The van der Waals surface area contributed by atoms with Gasteiger partial charge in [0.1, 0.15) is 4.21 Å². The fourth-order valence-corrected chi connectivity index (χ4v) is 4.50. The minimum atomic E-state index is -3.56. The highest BCUT2D eigenvalue weighted by Gasteiger charge is 2.19. The van der Waals surface area contributed by atoms with Crippen LogP contribution >= 0.6 is 11.3 Å². The molecule has 0 fully saturated rings. The van der Waals surface area contributed by atoms with Gasteiger partial charge in [0.05, 0.1) is 11.4 Å². The Morgan fingerprint density at radius 3 is 2.76 bits per heavy atom.